The number of ether oxygens (including phenoxy) is 1. The van der Waals surface area contributed by atoms with E-state index in [9.17, 15) is 18.0 Å². The lowest BCUT2D eigenvalue weighted by Crippen LogP contribution is -2.31. The van der Waals surface area contributed by atoms with Crippen LogP contribution in [-0.2, 0) is 19.6 Å². The standard InChI is InChI=1S/C23H27N3O5S/c1-3-26(18-7-5-4-6-8-18)32(29,30)19-11-12-21(31-2)20(14-19)24-23(28)16-13-22(27)25(15-16)17-9-10-17/h4-8,11-12,14,16-17H,3,9-10,13,15H2,1-2H3,(H,24,28)/t16-/m0/s1. The van der Waals surface area contributed by atoms with Crippen molar-refractivity contribution in [2.24, 2.45) is 5.92 Å². The fourth-order valence-electron chi connectivity index (χ4n) is 4.04. The van der Waals surface area contributed by atoms with Gasteiger partial charge in [0.15, 0.2) is 0 Å². The van der Waals surface area contributed by atoms with Crippen LogP contribution in [0.5, 0.6) is 5.75 Å². The molecule has 1 saturated heterocycles. The van der Waals surface area contributed by atoms with Gasteiger partial charge in [-0.3, -0.25) is 13.9 Å². The molecule has 0 radical (unpaired) electrons. The van der Waals surface area contributed by atoms with Crippen LogP contribution in [-0.4, -0.2) is 51.4 Å². The zero-order valence-corrected chi connectivity index (χ0v) is 19.0. The molecule has 9 heteroatoms. The number of para-hydroxylation sites is 1. The first-order chi connectivity index (χ1) is 15.3. The predicted molar refractivity (Wildman–Crippen MR) is 121 cm³/mol. The van der Waals surface area contributed by atoms with Gasteiger partial charge in [-0.2, -0.15) is 0 Å². The lowest BCUT2D eigenvalue weighted by molar-refractivity contribution is -0.128. The Balaban J connectivity index is 1.58. The van der Waals surface area contributed by atoms with Crippen molar-refractivity contribution in [1.82, 2.24) is 4.90 Å². The van der Waals surface area contributed by atoms with Gasteiger partial charge >= 0.3 is 0 Å². The van der Waals surface area contributed by atoms with Crippen molar-refractivity contribution >= 4 is 33.2 Å². The Labute approximate surface area is 188 Å². The number of methoxy groups -OCH3 is 1. The maximum Gasteiger partial charge on any atom is 0.264 e. The van der Waals surface area contributed by atoms with Crippen molar-refractivity contribution in [3.8, 4) is 5.75 Å². The first-order valence-corrected chi connectivity index (χ1v) is 12.1. The van der Waals surface area contributed by atoms with Gasteiger partial charge in [0, 0.05) is 25.6 Å². The molecule has 170 valence electrons. The summed E-state index contributed by atoms with van der Waals surface area (Å²) in [6.07, 6.45) is 2.15. The van der Waals surface area contributed by atoms with Crippen LogP contribution in [0.1, 0.15) is 26.2 Å². The largest absolute Gasteiger partial charge is 0.495 e. The summed E-state index contributed by atoms with van der Waals surface area (Å²) in [5.74, 6) is -0.435. The number of carbonyl (C=O) groups excluding carboxylic acids is 2. The summed E-state index contributed by atoms with van der Waals surface area (Å²) in [5, 5.41) is 2.79. The van der Waals surface area contributed by atoms with E-state index in [1.807, 2.05) is 6.07 Å². The molecule has 0 unspecified atom stereocenters. The van der Waals surface area contributed by atoms with E-state index in [2.05, 4.69) is 5.32 Å². The summed E-state index contributed by atoms with van der Waals surface area (Å²) in [4.78, 5) is 26.9. The zero-order chi connectivity index (χ0) is 22.9. The van der Waals surface area contributed by atoms with Crippen molar-refractivity contribution in [2.45, 2.75) is 37.1 Å². The quantitative estimate of drug-likeness (QED) is 0.658. The molecule has 0 aromatic heterocycles. The fraction of sp³-hybridized carbons (Fsp3) is 0.391. The highest BCUT2D eigenvalue weighted by Gasteiger charge is 2.41. The van der Waals surface area contributed by atoms with E-state index in [0.29, 0.717) is 18.0 Å². The Morgan fingerprint density at radius 2 is 1.91 bits per heavy atom. The lowest BCUT2D eigenvalue weighted by atomic mass is 10.1. The number of likely N-dealkylation sites (tertiary alicyclic amines) is 1. The zero-order valence-electron chi connectivity index (χ0n) is 18.2. The number of nitrogens with one attached hydrogen (secondary N) is 1. The van der Waals surface area contributed by atoms with Crippen molar-refractivity contribution < 1.29 is 22.7 Å². The average Bonchev–Trinajstić information content (AvgIpc) is 3.55. The van der Waals surface area contributed by atoms with Gasteiger partial charge in [0.1, 0.15) is 5.75 Å². The average molecular weight is 458 g/mol. The molecule has 2 fully saturated rings. The number of sulfonamides is 1. The number of nitrogens with zero attached hydrogens (tertiary/aromatic N) is 2. The van der Waals surface area contributed by atoms with Crippen LogP contribution in [0.2, 0.25) is 0 Å². The van der Waals surface area contributed by atoms with E-state index in [-0.39, 0.29) is 41.4 Å². The Morgan fingerprint density at radius 1 is 1.19 bits per heavy atom. The second kappa shape index (κ2) is 8.82. The Bertz CT molecular complexity index is 1120. The van der Waals surface area contributed by atoms with Crippen LogP contribution >= 0.6 is 0 Å². The number of benzene rings is 2. The third kappa shape index (κ3) is 4.29. The molecule has 1 aliphatic carbocycles. The molecule has 2 aliphatic rings. The molecular formula is C23H27N3O5S. The van der Waals surface area contributed by atoms with E-state index in [4.69, 9.17) is 4.74 Å². The molecule has 1 heterocycles. The molecule has 32 heavy (non-hydrogen) atoms. The summed E-state index contributed by atoms with van der Waals surface area (Å²) >= 11 is 0. The summed E-state index contributed by atoms with van der Waals surface area (Å²) in [6, 6.07) is 13.5. The predicted octanol–water partition coefficient (Wildman–Crippen LogP) is 2.86. The molecular weight excluding hydrogens is 430 g/mol. The number of hydrogen-bond acceptors (Lipinski definition) is 5. The molecule has 2 aromatic rings. The van der Waals surface area contributed by atoms with E-state index >= 15 is 0 Å². The summed E-state index contributed by atoms with van der Waals surface area (Å²) in [5.41, 5.74) is 0.820. The second-order valence-electron chi connectivity index (χ2n) is 8.04. The topological polar surface area (TPSA) is 96.0 Å². The first-order valence-electron chi connectivity index (χ1n) is 10.7. The SMILES string of the molecule is CCN(c1ccccc1)S(=O)(=O)c1ccc(OC)c(NC(=O)[C@H]2CC(=O)N(C3CC3)C2)c1. The Morgan fingerprint density at radius 3 is 2.53 bits per heavy atom. The molecule has 4 rings (SSSR count). The maximum absolute atomic E-state index is 13.3. The number of amides is 2. The van der Waals surface area contributed by atoms with Gasteiger partial charge in [-0.25, -0.2) is 8.42 Å². The Hall–Kier alpha value is -3.07. The van der Waals surface area contributed by atoms with E-state index < -0.39 is 15.9 Å². The highest BCUT2D eigenvalue weighted by Crippen LogP contribution is 2.34. The minimum atomic E-state index is -3.86. The van der Waals surface area contributed by atoms with E-state index in [1.165, 1.54) is 29.6 Å². The summed E-state index contributed by atoms with van der Waals surface area (Å²) in [7, 11) is -2.41. The van der Waals surface area contributed by atoms with Gasteiger partial charge in [0.2, 0.25) is 11.8 Å². The molecule has 1 atom stereocenters. The van der Waals surface area contributed by atoms with Gasteiger partial charge in [-0.15, -0.1) is 0 Å². The third-order valence-corrected chi connectivity index (χ3v) is 7.76. The van der Waals surface area contributed by atoms with Crippen LogP contribution in [0.4, 0.5) is 11.4 Å². The third-order valence-electron chi connectivity index (χ3n) is 5.87. The van der Waals surface area contributed by atoms with Gasteiger partial charge in [0.05, 0.1) is 29.3 Å². The smallest absolute Gasteiger partial charge is 0.264 e. The van der Waals surface area contributed by atoms with Crippen LogP contribution in [0, 0.1) is 5.92 Å². The van der Waals surface area contributed by atoms with E-state index in [0.717, 1.165) is 12.8 Å². The van der Waals surface area contributed by atoms with Gasteiger partial charge < -0.3 is 15.0 Å². The Kier molecular flexibility index (Phi) is 6.10. The first kappa shape index (κ1) is 22.1. The number of rotatable bonds is 8. The highest BCUT2D eigenvalue weighted by atomic mass is 32.2. The number of hydrogen-bond donors (Lipinski definition) is 1. The lowest BCUT2D eigenvalue weighted by Gasteiger charge is -2.23. The van der Waals surface area contributed by atoms with E-state index in [1.54, 1.807) is 36.1 Å². The minimum absolute atomic E-state index is 0.00241. The fourth-order valence-corrected chi connectivity index (χ4v) is 5.54. The molecule has 1 saturated carbocycles. The molecule has 0 bridgehead atoms. The second-order valence-corrected chi connectivity index (χ2v) is 9.90. The van der Waals surface area contributed by atoms with Gasteiger partial charge in [0.25, 0.3) is 10.0 Å². The van der Waals surface area contributed by atoms with Crippen LogP contribution < -0.4 is 14.4 Å². The van der Waals surface area contributed by atoms with Crippen molar-refractivity contribution in [3.05, 3.63) is 48.5 Å². The molecule has 1 N–H and O–H groups in total. The van der Waals surface area contributed by atoms with Crippen molar-refractivity contribution in [3.63, 3.8) is 0 Å². The molecule has 8 nitrogen and oxygen atoms in total. The molecule has 0 spiro atoms. The van der Waals surface area contributed by atoms with Crippen molar-refractivity contribution in [1.29, 1.82) is 0 Å². The normalized spacial score (nSPS) is 18.5. The van der Waals surface area contributed by atoms with Crippen LogP contribution in [0.15, 0.2) is 53.4 Å². The van der Waals surface area contributed by atoms with Gasteiger partial charge in [-0.05, 0) is 50.1 Å². The minimum Gasteiger partial charge on any atom is -0.495 e. The maximum atomic E-state index is 13.3. The summed E-state index contributed by atoms with van der Waals surface area (Å²) in [6.45, 7) is 2.41. The van der Waals surface area contributed by atoms with Crippen molar-refractivity contribution in [2.75, 3.05) is 29.8 Å². The number of carbonyl (C=O) groups is 2. The molecule has 1 aliphatic heterocycles. The monoisotopic (exact) mass is 457 g/mol. The van der Waals surface area contributed by atoms with Gasteiger partial charge in [-0.1, -0.05) is 18.2 Å². The summed E-state index contributed by atoms with van der Waals surface area (Å²) < 4.78 is 33.3. The number of anilines is 2. The molecule has 2 aromatic carbocycles. The van der Waals surface area contributed by atoms with Crippen LogP contribution in [0.25, 0.3) is 0 Å². The highest BCUT2D eigenvalue weighted by molar-refractivity contribution is 7.92. The molecule has 2 amide bonds. The van der Waals surface area contributed by atoms with Crippen LogP contribution in [0.3, 0.4) is 0 Å².